The summed E-state index contributed by atoms with van der Waals surface area (Å²) in [5.41, 5.74) is 2.32. The molecule has 0 aliphatic rings. The van der Waals surface area contributed by atoms with E-state index in [2.05, 4.69) is 15.5 Å². The first-order chi connectivity index (χ1) is 13.0. The Kier molecular flexibility index (Phi) is 7.88. The number of carbonyl (C=O) groups is 1. The van der Waals surface area contributed by atoms with Gasteiger partial charge in [-0.15, -0.1) is 0 Å². The van der Waals surface area contributed by atoms with Crippen molar-refractivity contribution in [2.75, 3.05) is 44.1 Å². The summed E-state index contributed by atoms with van der Waals surface area (Å²) in [6.07, 6.45) is 0. The number of thiocarbonyl (C=S) groups is 1. The molecule has 0 saturated carbocycles. The molecule has 2 aromatic rings. The van der Waals surface area contributed by atoms with Crippen LogP contribution in [0.15, 0.2) is 48.5 Å². The molecular formula is C20H25N3O3S. The van der Waals surface area contributed by atoms with E-state index in [1.807, 2.05) is 37.4 Å². The quantitative estimate of drug-likeness (QED) is 0.532. The Hall–Kier alpha value is -2.80. The van der Waals surface area contributed by atoms with Crippen molar-refractivity contribution in [1.29, 1.82) is 0 Å². The third kappa shape index (κ3) is 6.45. The number of nitrogens with one attached hydrogen (secondary N) is 2. The maximum Gasteiger partial charge on any atom is 0.338 e. The van der Waals surface area contributed by atoms with Gasteiger partial charge in [0, 0.05) is 31.5 Å². The lowest BCUT2D eigenvalue weighted by Gasteiger charge is -2.20. The number of nitrogens with zero attached hydrogens (tertiary/aromatic N) is 1. The van der Waals surface area contributed by atoms with Crippen molar-refractivity contribution in [3.63, 3.8) is 0 Å². The van der Waals surface area contributed by atoms with Gasteiger partial charge in [-0.25, -0.2) is 4.79 Å². The first kappa shape index (κ1) is 20.5. The number of carbonyl (C=O) groups excluding carboxylic acids is 1. The van der Waals surface area contributed by atoms with Crippen molar-refractivity contribution in [3.05, 3.63) is 54.1 Å². The zero-order valence-corrected chi connectivity index (χ0v) is 16.6. The van der Waals surface area contributed by atoms with E-state index in [1.165, 1.54) is 0 Å². The number of ether oxygens (including phenoxy) is 2. The molecule has 0 heterocycles. The second-order valence-electron chi connectivity index (χ2n) is 5.80. The van der Waals surface area contributed by atoms with Crippen molar-refractivity contribution in [2.24, 2.45) is 0 Å². The number of methoxy groups -OCH3 is 1. The van der Waals surface area contributed by atoms with Crippen LogP contribution in [0.3, 0.4) is 0 Å². The van der Waals surface area contributed by atoms with Gasteiger partial charge in [0.1, 0.15) is 5.75 Å². The first-order valence-electron chi connectivity index (χ1n) is 8.70. The Morgan fingerprint density at radius 1 is 1.19 bits per heavy atom. The smallest absolute Gasteiger partial charge is 0.338 e. The van der Waals surface area contributed by atoms with E-state index in [1.54, 1.807) is 32.2 Å². The number of hydrogen-bond acceptors (Lipinski definition) is 5. The van der Waals surface area contributed by atoms with E-state index < -0.39 is 0 Å². The van der Waals surface area contributed by atoms with Crippen LogP contribution in [0.25, 0.3) is 0 Å². The van der Waals surface area contributed by atoms with E-state index >= 15 is 0 Å². The minimum atomic E-state index is -0.346. The molecule has 2 rings (SSSR count). The van der Waals surface area contributed by atoms with E-state index in [0.717, 1.165) is 23.7 Å². The van der Waals surface area contributed by atoms with Crippen molar-refractivity contribution < 1.29 is 14.3 Å². The minimum Gasteiger partial charge on any atom is -0.497 e. The molecule has 0 amide bonds. The lowest BCUT2D eigenvalue weighted by atomic mass is 10.2. The van der Waals surface area contributed by atoms with Crippen LogP contribution < -0.4 is 20.3 Å². The molecule has 144 valence electrons. The molecule has 0 radical (unpaired) electrons. The monoisotopic (exact) mass is 387 g/mol. The highest BCUT2D eigenvalue weighted by atomic mass is 32.1. The zero-order valence-electron chi connectivity index (χ0n) is 15.8. The van der Waals surface area contributed by atoms with Gasteiger partial charge in [-0.1, -0.05) is 6.07 Å². The Labute approximate surface area is 165 Å². The predicted octanol–water partition coefficient (Wildman–Crippen LogP) is 3.29. The van der Waals surface area contributed by atoms with Gasteiger partial charge < -0.3 is 25.0 Å². The van der Waals surface area contributed by atoms with Crippen LogP contribution >= 0.6 is 12.2 Å². The van der Waals surface area contributed by atoms with Crippen LogP contribution in [0.2, 0.25) is 0 Å². The second kappa shape index (κ2) is 10.4. The molecule has 0 aliphatic carbocycles. The molecule has 0 atom stereocenters. The van der Waals surface area contributed by atoms with Crippen LogP contribution in [0.5, 0.6) is 5.75 Å². The highest BCUT2D eigenvalue weighted by Gasteiger charge is 2.07. The summed E-state index contributed by atoms with van der Waals surface area (Å²) in [7, 11) is 3.67. The van der Waals surface area contributed by atoms with E-state index in [4.69, 9.17) is 21.7 Å². The van der Waals surface area contributed by atoms with E-state index in [-0.39, 0.29) is 5.97 Å². The molecule has 2 N–H and O–H groups in total. The van der Waals surface area contributed by atoms with Crippen molar-refractivity contribution in [2.45, 2.75) is 6.92 Å². The third-order valence-corrected chi connectivity index (χ3v) is 4.12. The summed E-state index contributed by atoms with van der Waals surface area (Å²) in [6.45, 7) is 3.57. The highest BCUT2D eigenvalue weighted by molar-refractivity contribution is 7.80. The molecule has 6 nitrogen and oxygen atoms in total. The summed E-state index contributed by atoms with van der Waals surface area (Å²) in [5, 5.41) is 6.75. The SMILES string of the molecule is CCOC(=O)c1cccc(NC(=S)NCCN(C)c2ccc(OC)cc2)c1. The van der Waals surface area contributed by atoms with Crippen LogP contribution in [0, 0.1) is 0 Å². The van der Waals surface area contributed by atoms with Crippen LogP contribution in [-0.4, -0.2) is 44.9 Å². The largest absolute Gasteiger partial charge is 0.497 e. The lowest BCUT2D eigenvalue weighted by Crippen LogP contribution is -2.35. The fourth-order valence-corrected chi connectivity index (χ4v) is 2.64. The Morgan fingerprint density at radius 3 is 2.59 bits per heavy atom. The molecule has 0 saturated heterocycles. The molecule has 0 aromatic heterocycles. The molecular weight excluding hydrogens is 362 g/mol. The van der Waals surface area contributed by atoms with Crippen molar-refractivity contribution in [1.82, 2.24) is 5.32 Å². The fourth-order valence-electron chi connectivity index (χ4n) is 2.42. The first-order valence-corrected chi connectivity index (χ1v) is 9.11. The average Bonchev–Trinajstić information content (AvgIpc) is 2.68. The standard InChI is InChI=1S/C20H25N3O3S/c1-4-26-19(24)15-6-5-7-16(14-15)22-20(27)21-12-13-23(2)17-8-10-18(25-3)11-9-17/h5-11,14H,4,12-13H2,1-3H3,(H2,21,22,27). The maximum atomic E-state index is 11.8. The molecule has 0 unspecified atom stereocenters. The van der Waals surface area contributed by atoms with Crippen molar-refractivity contribution in [3.8, 4) is 5.75 Å². The van der Waals surface area contributed by atoms with Gasteiger partial charge in [-0.05, 0) is 61.6 Å². The molecule has 0 fully saturated rings. The van der Waals surface area contributed by atoms with Gasteiger partial charge in [0.25, 0.3) is 0 Å². The fraction of sp³-hybridized carbons (Fsp3) is 0.300. The van der Waals surface area contributed by atoms with Gasteiger partial charge in [0.2, 0.25) is 0 Å². The number of benzene rings is 2. The number of anilines is 2. The summed E-state index contributed by atoms with van der Waals surface area (Å²) < 4.78 is 10.2. The van der Waals surface area contributed by atoms with Crippen LogP contribution in [0.1, 0.15) is 17.3 Å². The normalized spacial score (nSPS) is 10.0. The minimum absolute atomic E-state index is 0.345. The number of esters is 1. The van der Waals surface area contributed by atoms with Gasteiger partial charge in [-0.2, -0.15) is 0 Å². The predicted molar refractivity (Wildman–Crippen MR) is 113 cm³/mol. The maximum absolute atomic E-state index is 11.8. The third-order valence-electron chi connectivity index (χ3n) is 3.88. The molecule has 7 heteroatoms. The Bertz CT molecular complexity index is 765. The average molecular weight is 388 g/mol. The summed E-state index contributed by atoms with van der Waals surface area (Å²) >= 11 is 5.32. The van der Waals surface area contributed by atoms with E-state index in [0.29, 0.717) is 23.8 Å². The van der Waals surface area contributed by atoms with E-state index in [9.17, 15) is 4.79 Å². The number of hydrogen-bond donors (Lipinski definition) is 2. The van der Waals surface area contributed by atoms with Gasteiger partial charge in [-0.3, -0.25) is 0 Å². The summed E-state index contributed by atoms with van der Waals surface area (Å²) in [5.74, 6) is 0.488. The van der Waals surface area contributed by atoms with Gasteiger partial charge in [0.15, 0.2) is 5.11 Å². The number of likely N-dealkylation sites (N-methyl/N-ethyl adjacent to an activating group) is 1. The topological polar surface area (TPSA) is 62.8 Å². The Balaban J connectivity index is 1.80. The van der Waals surface area contributed by atoms with Gasteiger partial charge in [0.05, 0.1) is 19.3 Å². The Morgan fingerprint density at radius 2 is 1.93 bits per heavy atom. The van der Waals surface area contributed by atoms with Crippen LogP contribution in [-0.2, 0) is 4.74 Å². The summed E-state index contributed by atoms with van der Waals surface area (Å²) in [4.78, 5) is 13.9. The molecule has 2 aromatic carbocycles. The molecule has 0 spiro atoms. The molecule has 0 bridgehead atoms. The second-order valence-corrected chi connectivity index (χ2v) is 6.21. The molecule has 0 aliphatic heterocycles. The lowest BCUT2D eigenvalue weighted by molar-refractivity contribution is 0.0526. The zero-order chi connectivity index (χ0) is 19.6. The van der Waals surface area contributed by atoms with Crippen molar-refractivity contribution >= 4 is 34.7 Å². The summed E-state index contributed by atoms with van der Waals surface area (Å²) in [6, 6.07) is 14.9. The van der Waals surface area contributed by atoms with Crippen LogP contribution in [0.4, 0.5) is 11.4 Å². The van der Waals surface area contributed by atoms with Gasteiger partial charge >= 0.3 is 5.97 Å². The highest BCUT2D eigenvalue weighted by Crippen LogP contribution is 2.17. The number of rotatable bonds is 8. The molecule has 27 heavy (non-hydrogen) atoms.